The topological polar surface area (TPSA) is 35.5 Å². The summed E-state index contributed by atoms with van der Waals surface area (Å²) < 4.78 is 36.6. The summed E-state index contributed by atoms with van der Waals surface area (Å²) in [6.45, 7) is 1.72. The van der Waals surface area contributed by atoms with Crippen LogP contribution in [0.2, 0.25) is 0 Å². The molecule has 0 aromatic carbocycles. The Labute approximate surface area is 118 Å². The van der Waals surface area contributed by atoms with Gasteiger partial charge in [0.25, 0.3) is 0 Å². The van der Waals surface area contributed by atoms with Crippen LogP contribution < -0.4 is 5.32 Å². The molecule has 3 nitrogen and oxygen atoms in total. The summed E-state index contributed by atoms with van der Waals surface area (Å²) in [6, 6.07) is 0.336. The average Bonchev–Trinajstić information content (AvgIpc) is 2.86. The smallest absolute Gasteiger partial charge is 0.390 e. The Morgan fingerprint density at radius 2 is 1.75 bits per heavy atom. The first-order chi connectivity index (χ1) is 9.42. The second-order valence-electron chi connectivity index (χ2n) is 6.27. The molecule has 2 rings (SSSR count). The van der Waals surface area contributed by atoms with Crippen molar-refractivity contribution < 1.29 is 18.3 Å². The van der Waals surface area contributed by atoms with Crippen LogP contribution in [0.5, 0.6) is 0 Å². The Morgan fingerprint density at radius 3 is 2.25 bits per heavy atom. The molecule has 1 saturated heterocycles. The molecule has 0 spiro atoms. The van der Waals surface area contributed by atoms with Gasteiger partial charge in [0.05, 0.1) is 13.0 Å². The van der Waals surface area contributed by atoms with Crippen molar-refractivity contribution in [3.63, 3.8) is 0 Å². The summed E-state index contributed by atoms with van der Waals surface area (Å²) in [7, 11) is 0. The van der Waals surface area contributed by atoms with Gasteiger partial charge in [0.15, 0.2) is 0 Å². The fraction of sp³-hybridized carbons (Fsp3) is 1.00. The largest absolute Gasteiger partial charge is 0.394 e. The standard InChI is InChI=1S/C14H25F3N2O/c15-14(16,17)7-10-19-8-3-12(4-9-19)18-13(11-20)5-1-2-6-13/h12,18,20H,1-11H2. The molecule has 0 unspecified atom stereocenters. The van der Waals surface area contributed by atoms with Crippen molar-refractivity contribution in [1.82, 2.24) is 10.2 Å². The van der Waals surface area contributed by atoms with Gasteiger partial charge < -0.3 is 15.3 Å². The quantitative estimate of drug-likeness (QED) is 0.817. The average molecular weight is 294 g/mol. The van der Waals surface area contributed by atoms with E-state index in [2.05, 4.69) is 5.32 Å². The summed E-state index contributed by atoms with van der Waals surface area (Å²) in [5, 5.41) is 13.1. The number of alkyl halides is 3. The lowest BCUT2D eigenvalue weighted by atomic mass is 9.94. The van der Waals surface area contributed by atoms with Gasteiger partial charge in [-0.3, -0.25) is 0 Å². The Bertz CT molecular complexity index is 295. The van der Waals surface area contributed by atoms with Gasteiger partial charge in [-0.1, -0.05) is 12.8 Å². The van der Waals surface area contributed by atoms with E-state index in [1.54, 1.807) is 0 Å². The second-order valence-corrected chi connectivity index (χ2v) is 6.27. The monoisotopic (exact) mass is 294 g/mol. The molecule has 1 aliphatic carbocycles. The van der Waals surface area contributed by atoms with Crippen LogP contribution in [0.3, 0.4) is 0 Å². The van der Waals surface area contributed by atoms with Crippen LogP contribution in [0.15, 0.2) is 0 Å². The lowest BCUT2D eigenvalue weighted by Crippen LogP contribution is -2.54. The normalized spacial score (nSPS) is 25.2. The molecule has 0 bridgehead atoms. The molecule has 20 heavy (non-hydrogen) atoms. The van der Waals surface area contributed by atoms with Crippen molar-refractivity contribution in [1.29, 1.82) is 0 Å². The summed E-state index contributed by atoms with van der Waals surface area (Å²) in [4.78, 5) is 1.89. The van der Waals surface area contributed by atoms with Crippen molar-refractivity contribution >= 4 is 0 Å². The predicted octanol–water partition coefficient (Wildman–Crippen LogP) is 2.30. The van der Waals surface area contributed by atoms with E-state index in [-0.39, 0.29) is 18.7 Å². The first-order valence-electron chi connectivity index (χ1n) is 7.60. The third kappa shape index (κ3) is 4.60. The lowest BCUT2D eigenvalue weighted by Gasteiger charge is -2.38. The minimum Gasteiger partial charge on any atom is -0.394 e. The molecule has 1 heterocycles. The van der Waals surface area contributed by atoms with Crippen LogP contribution in [-0.4, -0.2) is 54.0 Å². The second kappa shape index (κ2) is 6.62. The van der Waals surface area contributed by atoms with E-state index >= 15 is 0 Å². The van der Waals surface area contributed by atoms with Gasteiger partial charge >= 0.3 is 6.18 Å². The van der Waals surface area contributed by atoms with Crippen LogP contribution >= 0.6 is 0 Å². The summed E-state index contributed by atoms with van der Waals surface area (Å²) >= 11 is 0. The van der Waals surface area contributed by atoms with Gasteiger partial charge in [-0.2, -0.15) is 13.2 Å². The van der Waals surface area contributed by atoms with Crippen molar-refractivity contribution in [2.75, 3.05) is 26.2 Å². The van der Waals surface area contributed by atoms with Crippen molar-refractivity contribution in [3.05, 3.63) is 0 Å². The Balaban J connectivity index is 1.71. The van der Waals surface area contributed by atoms with E-state index in [4.69, 9.17) is 0 Å². The number of hydrogen-bond donors (Lipinski definition) is 2. The Hall–Kier alpha value is -0.330. The molecule has 2 fully saturated rings. The number of nitrogens with one attached hydrogen (secondary N) is 1. The van der Waals surface area contributed by atoms with Gasteiger partial charge in [0.1, 0.15) is 0 Å². The van der Waals surface area contributed by atoms with Crippen LogP contribution in [0.25, 0.3) is 0 Å². The number of aliphatic hydroxyl groups is 1. The molecule has 0 amide bonds. The predicted molar refractivity (Wildman–Crippen MR) is 71.6 cm³/mol. The van der Waals surface area contributed by atoms with Gasteiger partial charge in [-0.05, 0) is 38.8 Å². The van der Waals surface area contributed by atoms with E-state index in [1.807, 2.05) is 4.90 Å². The van der Waals surface area contributed by atoms with Crippen molar-refractivity contribution in [3.8, 4) is 0 Å². The maximum atomic E-state index is 12.2. The molecule has 0 aromatic rings. The number of nitrogens with zero attached hydrogens (tertiary/aromatic N) is 1. The number of rotatable bonds is 5. The number of halogens is 3. The zero-order valence-electron chi connectivity index (χ0n) is 11.9. The van der Waals surface area contributed by atoms with Gasteiger partial charge in [-0.15, -0.1) is 0 Å². The van der Waals surface area contributed by atoms with E-state index in [1.165, 1.54) is 0 Å². The highest BCUT2D eigenvalue weighted by atomic mass is 19.4. The Morgan fingerprint density at radius 1 is 1.15 bits per heavy atom. The van der Waals surface area contributed by atoms with Crippen LogP contribution in [-0.2, 0) is 0 Å². The number of hydrogen-bond acceptors (Lipinski definition) is 3. The fourth-order valence-electron chi connectivity index (χ4n) is 3.42. The fourth-order valence-corrected chi connectivity index (χ4v) is 3.42. The molecular formula is C14H25F3N2O. The maximum absolute atomic E-state index is 12.2. The highest BCUT2D eigenvalue weighted by Gasteiger charge is 2.36. The third-order valence-corrected chi connectivity index (χ3v) is 4.67. The molecule has 0 radical (unpaired) electrons. The number of likely N-dealkylation sites (tertiary alicyclic amines) is 1. The summed E-state index contributed by atoms with van der Waals surface area (Å²) in [5.41, 5.74) is -0.126. The third-order valence-electron chi connectivity index (χ3n) is 4.67. The molecule has 0 atom stereocenters. The summed E-state index contributed by atoms with van der Waals surface area (Å²) in [5.74, 6) is 0. The highest BCUT2D eigenvalue weighted by molar-refractivity contribution is 4.95. The zero-order chi connectivity index (χ0) is 14.6. The lowest BCUT2D eigenvalue weighted by molar-refractivity contribution is -0.138. The van der Waals surface area contributed by atoms with E-state index in [9.17, 15) is 18.3 Å². The van der Waals surface area contributed by atoms with Crippen LogP contribution in [0.4, 0.5) is 13.2 Å². The summed E-state index contributed by atoms with van der Waals surface area (Å²) in [6.07, 6.45) is 1.30. The van der Waals surface area contributed by atoms with Crippen molar-refractivity contribution in [2.45, 2.75) is 62.7 Å². The van der Waals surface area contributed by atoms with Crippen molar-refractivity contribution in [2.24, 2.45) is 0 Å². The number of piperidine rings is 1. The molecule has 2 aliphatic rings. The SMILES string of the molecule is OCC1(NC2CCN(CCC(F)(F)F)CC2)CCCC1. The molecule has 1 saturated carbocycles. The first-order valence-corrected chi connectivity index (χ1v) is 7.60. The Kier molecular flexibility index (Phi) is 5.31. The first kappa shape index (κ1) is 16.0. The molecular weight excluding hydrogens is 269 g/mol. The van der Waals surface area contributed by atoms with Gasteiger partial charge in [-0.25, -0.2) is 0 Å². The molecule has 6 heteroatoms. The minimum absolute atomic E-state index is 0.112. The van der Waals surface area contributed by atoms with Gasteiger partial charge in [0.2, 0.25) is 0 Å². The minimum atomic E-state index is -4.06. The number of aliphatic hydroxyl groups excluding tert-OH is 1. The molecule has 1 aliphatic heterocycles. The zero-order valence-corrected chi connectivity index (χ0v) is 11.9. The van der Waals surface area contributed by atoms with Crippen LogP contribution in [0.1, 0.15) is 44.9 Å². The van der Waals surface area contributed by atoms with Crippen LogP contribution in [0, 0.1) is 0 Å². The van der Waals surface area contributed by atoms with E-state index < -0.39 is 12.6 Å². The highest BCUT2D eigenvalue weighted by Crippen LogP contribution is 2.31. The van der Waals surface area contributed by atoms with E-state index in [0.29, 0.717) is 6.04 Å². The molecule has 2 N–H and O–H groups in total. The maximum Gasteiger partial charge on any atom is 0.390 e. The van der Waals surface area contributed by atoms with E-state index in [0.717, 1.165) is 51.6 Å². The molecule has 118 valence electrons. The van der Waals surface area contributed by atoms with Gasteiger partial charge in [0, 0.05) is 18.1 Å². The molecule has 0 aromatic heterocycles.